The van der Waals surface area contributed by atoms with E-state index in [2.05, 4.69) is 26.8 Å². The average Bonchev–Trinajstić information content (AvgIpc) is 2.09. The summed E-state index contributed by atoms with van der Waals surface area (Å²) in [4.78, 5) is 0. The van der Waals surface area contributed by atoms with Gasteiger partial charge in [-0.1, -0.05) is 32.9 Å². The molecule has 0 bridgehead atoms. The number of aryl methyl sites for hydroxylation is 1. The average molecular weight is 178 g/mol. The Kier molecular flexibility index (Phi) is 2.97. The number of hydrogen-bond donors (Lipinski definition) is 1. The van der Waals surface area contributed by atoms with Crippen LogP contribution < -0.4 is 0 Å². The van der Waals surface area contributed by atoms with E-state index in [1.54, 1.807) is 0 Å². The van der Waals surface area contributed by atoms with E-state index in [0.717, 1.165) is 17.5 Å². The highest BCUT2D eigenvalue weighted by Crippen LogP contribution is 2.29. The van der Waals surface area contributed by atoms with Gasteiger partial charge in [0.05, 0.1) is 0 Å². The van der Waals surface area contributed by atoms with Crippen molar-refractivity contribution >= 4 is 0 Å². The Morgan fingerprint density at radius 2 is 1.92 bits per heavy atom. The van der Waals surface area contributed by atoms with Crippen LogP contribution in [0.3, 0.4) is 0 Å². The van der Waals surface area contributed by atoms with Crippen LogP contribution in [-0.4, -0.2) is 5.11 Å². The highest BCUT2D eigenvalue weighted by Gasteiger charge is 2.09. The lowest BCUT2D eigenvalue weighted by molar-refractivity contribution is 0.463. The third-order valence-corrected chi connectivity index (χ3v) is 2.56. The van der Waals surface area contributed by atoms with Gasteiger partial charge in [-0.25, -0.2) is 0 Å². The maximum absolute atomic E-state index is 9.83. The molecule has 0 aliphatic rings. The number of phenols is 1. The zero-order valence-electron chi connectivity index (χ0n) is 8.89. The minimum Gasteiger partial charge on any atom is -0.507 e. The van der Waals surface area contributed by atoms with Crippen molar-refractivity contribution in [2.24, 2.45) is 0 Å². The van der Waals surface area contributed by atoms with E-state index in [4.69, 9.17) is 0 Å². The third kappa shape index (κ3) is 1.85. The standard InChI is InChI=1S/C12H18O/c1-5-10-6-7-11(8(2)3)9(4)12(10)13/h6-8,13H,5H2,1-4H3. The van der Waals surface area contributed by atoms with Crippen LogP contribution in [0.25, 0.3) is 0 Å². The van der Waals surface area contributed by atoms with Crippen molar-refractivity contribution < 1.29 is 5.11 Å². The molecular weight excluding hydrogens is 160 g/mol. The Balaban J connectivity index is 3.23. The second-order valence-electron chi connectivity index (χ2n) is 3.80. The van der Waals surface area contributed by atoms with Gasteiger partial charge >= 0.3 is 0 Å². The van der Waals surface area contributed by atoms with Gasteiger partial charge in [0.15, 0.2) is 0 Å². The van der Waals surface area contributed by atoms with Crippen molar-refractivity contribution in [3.05, 3.63) is 28.8 Å². The summed E-state index contributed by atoms with van der Waals surface area (Å²) >= 11 is 0. The van der Waals surface area contributed by atoms with Crippen molar-refractivity contribution in [2.45, 2.75) is 40.0 Å². The molecular formula is C12H18O. The summed E-state index contributed by atoms with van der Waals surface area (Å²) in [6, 6.07) is 4.15. The highest BCUT2D eigenvalue weighted by molar-refractivity contribution is 5.45. The second kappa shape index (κ2) is 3.82. The first-order chi connectivity index (χ1) is 6.07. The summed E-state index contributed by atoms with van der Waals surface area (Å²) < 4.78 is 0. The minimum atomic E-state index is 0.480. The molecule has 0 fully saturated rings. The van der Waals surface area contributed by atoms with Crippen molar-refractivity contribution in [3.8, 4) is 5.75 Å². The molecule has 0 aromatic heterocycles. The van der Waals surface area contributed by atoms with Crippen LogP contribution in [-0.2, 0) is 6.42 Å². The molecule has 0 amide bonds. The number of rotatable bonds is 2. The minimum absolute atomic E-state index is 0.480. The molecule has 1 heteroatoms. The van der Waals surface area contributed by atoms with E-state index < -0.39 is 0 Å². The SMILES string of the molecule is CCc1ccc(C(C)C)c(C)c1O. The fraction of sp³-hybridized carbons (Fsp3) is 0.500. The van der Waals surface area contributed by atoms with E-state index >= 15 is 0 Å². The van der Waals surface area contributed by atoms with E-state index in [0.29, 0.717) is 11.7 Å². The Morgan fingerprint density at radius 3 is 2.38 bits per heavy atom. The smallest absolute Gasteiger partial charge is 0.121 e. The summed E-state index contributed by atoms with van der Waals surface area (Å²) in [7, 11) is 0. The molecule has 0 unspecified atom stereocenters. The first-order valence-electron chi connectivity index (χ1n) is 4.89. The molecule has 1 aromatic rings. The van der Waals surface area contributed by atoms with Crippen molar-refractivity contribution in [3.63, 3.8) is 0 Å². The van der Waals surface area contributed by atoms with Crippen molar-refractivity contribution in [2.75, 3.05) is 0 Å². The van der Waals surface area contributed by atoms with Gasteiger partial charge in [0.2, 0.25) is 0 Å². The predicted molar refractivity (Wildman–Crippen MR) is 56.3 cm³/mol. The van der Waals surface area contributed by atoms with Crippen LogP contribution in [0.15, 0.2) is 12.1 Å². The Hall–Kier alpha value is -0.980. The lowest BCUT2D eigenvalue weighted by Crippen LogP contribution is -1.94. The Bertz CT molecular complexity index is 300. The second-order valence-corrected chi connectivity index (χ2v) is 3.80. The number of benzene rings is 1. The molecule has 1 rings (SSSR count). The Labute approximate surface area is 80.4 Å². The normalized spacial score (nSPS) is 10.8. The molecule has 72 valence electrons. The summed E-state index contributed by atoms with van der Waals surface area (Å²) in [6.07, 6.45) is 0.894. The predicted octanol–water partition coefficient (Wildman–Crippen LogP) is 3.39. The van der Waals surface area contributed by atoms with Gasteiger partial charge in [-0.2, -0.15) is 0 Å². The summed E-state index contributed by atoms with van der Waals surface area (Å²) in [6.45, 7) is 8.34. The molecule has 1 N–H and O–H groups in total. The fourth-order valence-electron chi connectivity index (χ4n) is 1.68. The largest absolute Gasteiger partial charge is 0.507 e. The maximum Gasteiger partial charge on any atom is 0.121 e. The van der Waals surface area contributed by atoms with Crippen LogP contribution in [0.4, 0.5) is 0 Å². The Morgan fingerprint density at radius 1 is 1.31 bits per heavy atom. The van der Waals surface area contributed by atoms with Crippen molar-refractivity contribution in [1.29, 1.82) is 0 Å². The molecule has 0 radical (unpaired) electrons. The van der Waals surface area contributed by atoms with Crippen molar-refractivity contribution in [1.82, 2.24) is 0 Å². The van der Waals surface area contributed by atoms with E-state index in [1.165, 1.54) is 5.56 Å². The molecule has 0 heterocycles. The first-order valence-corrected chi connectivity index (χ1v) is 4.89. The van der Waals surface area contributed by atoms with Crippen LogP contribution in [0.5, 0.6) is 5.75 Å². The van der Waals surface area contributed by atoms with Gasteiger partial charge in [0.1, 0.15) is 5.75 Å². The summed E-state index contributed by atoms with van der Waals surface area (Å²) in [5.74, 6) is 0.963. The van der Waals surface area contributed by atoms with Gasteiger partial charge in [-0.3, -0.25) is 0 Å². The first kappa shape index (κ1) is 10.1. The third-order valence-electron chi connectivity index (χ3n) is 2.56. The number of phenolic OH excluding ortho intramolecular Hbond substituents is 1. The van der Waals surface area contributed by atoms with Crippen LogP contribution >= 0.6 is 0 Å². The fourth-order valence-corrected chi connectivity index (χ4v) is 1.68. The van der Waals surface area contributed by atoms with Gasteiger partial charge in [0, 0.05) is 0 Å². The van der Waals surface area contributed by atoms with E-state index in [-0.39, 0.29) is 0 Å². The number of hydrogen-bond acceptors (Lipinski definition) is 1. The number of aromatic hydroxyl groups is 1. The van der Waals surface area contributed by atoms with E-state index in [1.807, 2.05) is 13.0 Å². The zero-order chi connectivity index (χ0) is 10.0. The van der Waals surface area contributed by atoms with Gasteiger partial charge in [0.25, 0.3) is 0 Å². The molecule has 0 aliphatic heterocycles. The molecule has 0 aliphatic carbocycles. The van der Waals surface area contributed by atoms with E-state index in [9.17, 15) is 5.11 Å². The quantitative estimate of drug-likeness (QED) is 0.736. The highest BCUT2D eigenvalue weighted by atomic mass is 16.3. The van der Waals surface area contributed by atoms with Crippen LogP contribution in [0.1, 0.15) is 43.4 Å². The molecule has 13 heavy (non-hydrogen) atoms. The molecule has 0 spiro atoms. The molecule has 1 nitrogen and oxygen atoms in total. The van der Waals surface area contributed by atoms with Crippen LogP contribution in [0, 0.1) is 6.92 Å². The molecule has 0 atom stereocenters. The van der Waals surface area contributed by atoms with Crippen LogP contribution in [0.2, 0.25) is 0 Å². The molecule has 1 aromatic carbocycles. The van der Waals surface area contributed by atoms with Gasteiger partial charge < -0.3 is 5.11 Å². The summed E-state index contributed by atoms with van der Waals surface area (Å²) in [5, 5.41) is 9.83. The summed E-state index contributed by atoms with van der Waals surface area (Å²) in [5.41, 5.74) is 3.32. The molecule has 0 saturated heterocycles. The lowest BCUT2D eigenvalue weighted by Gasteiger charge is -2.13. The van der Waals surface area contributed by atoms with Gasteiger partial charge in [-0.05, 0) is 36.0 Å². The van der Waals surface area contributed by atoms with Gasteiger partial charge in [-0.15, -0.1) is 0 Å². The molecule has 0 saturated carbocycles. The maximum atomic E-state index is 9.83. The topological polar surface area (TPSA) is 20.2 Å². The zero-order valence-corrected chi connectivity index (χ0v) is 8.89. The lowest BCUT2D eigenvalue weighted by atomic mass is 9.94. The monoisotopic (exact) mass is 178 g/mol.